The maximum Gasteiger partial charge on any atom is 0.325 e. The minimum atomic E-state index is -3.74. The zero-order chi connectivity index (χ0) is 14.8. The summed E-state index contributed by atoms with van der Waals surface area (Å²) in [6, 6.07) is 4.99. The van der Waals surface area contributed by atoms with E-state index in [0.717, 1.165) is 5.01 Å². The Labute approximate surface area is 119 Å². The smallest absolute Gasteiger partial charge is 0.308 e. The number of carbonyl (C=O) groups excluding carboxylic acids is 1. The van der Waals surface area contributed by atoms with Gasteiger partial charge in [0, 0.05) is 5.69 Å². The number of carbonyl (C=O) groups is 1. The van der Waals surface area contributed by atoms with Crippen LogP contribution in [0.4, 0.5) is 15.6 Å². The van der Waals surface area contributed by atoms with E-state index in [1.807, 2.05) is 0 Å². The molecule has 8 nitrogen and oxygen atoms in total. The Kier molecular flexibility index (Phi) is 3.97. The van der Waals surface area contributed by atoms with Gasteiger partial charge in [-0.15, -0.1) is 10.2 Å². The van der Waals surface area contributed by atoms with Crippen LogP contribution in [0.5, 0.6) is 0 Å². The second-order valence-electron chi connectivity index (χ2n) is 3.77. The number of nitrogens with two attached hydrogens (primary N) is 1. The lowest BCUT2D eigenvalue weighted by atomic mass is 10.3. The van der Waals surface area contributed by atoms with Gasteiger partial charge in [0.2, 0.25) is 15.2 Å². The summed E-state index contributed by atoms with van der Waals surface area (Å²) >= 11 is 1.24. The van der Waals surface area contributed by atoms with E-state index in [-0.39, 0.29) is 4.90 Å². The lowest BCUT2D eigenvalue weighted by Crippen LogP contribution is -2.19. The number of benzene rings is 1. The van der Waals surface area contributed by atoms with Crippen molar-refractivity contribution in [2.75, 3.05) is 10.6 Å². The predicted octanol–water partition coefficient (Wildman–Crippen LogP) is 1.14. The van der Waals surface area contributed by atoms with E-state index in [0.29, 0.717) is 10.8 Å². The lowest BCUT2D eigenvalue weighted by molar-refractivity contribution is 0.262. The van der Waals surface area contributed by atoms with Crippen molar-refractivity contribution in [3.8, 4) is 0 Å². The van der Waals surface area contributed by atoms with Gasteiger partial charge < -0.3 is 5.32 Å². The largest absolute Gasteiger partial charge is 0.325 e. The maximum atomic E-state index is 11.6. The average Bonchev–Trinajstić information content (AvgIpc) is 2.74. The second-order valence-corrected chi connectivity index (χ2v) is 6.52. The number of rotatable bonds is 3. The van der Waals surface area contributed by atoms with Gasteiger partial charge in [0.1, 0.15) is 5.01 Å². The van der Waals surface area contributed by atoms with Gasteiger partial charge in [-0.25, -0.2) is 18.4 Å². The molecule has 0 atom stereocenters. The van der Waals surface area contributed by atoms with Crippen molar-refractivity contribution >= 4 is 38.2 Å². The number of urea groups is 1. The number of hydrogen-bond acceptors (Lipinski definition) is 6. The molecule has 0 aliphatic rings. The van der Waals surface area contributed by atoms with Gasteiger partial charge in [0.25, 0.3) is 0 Å². The molecule has 0 aliphatic carbocycles. The fourth-order valence-electron chi connectivity index (χ4n) is 1.33. The normalized spacial score (nSPS) is 11.1. The number of aryl methyl sites for hydroxylation is 1. The Morgan fingerprint density at radius 2 is 1.85 bits per heavy atom. The van der Waals surface area contributed by atoms with Crippen LogP contribution in [0.3, 0.4) is 0 Å². The molecule has 0 aliphatic heterocycles. The highest BCUT2D eigenvalue weighted by atomic mass is 32.2. The second kappa shape index (κ2) is 5.53. The lowest BCUT2D eigenvalue weighted by Gasteiger charge is -2.05. The number of aromatic nitrogens is 2. The van der Waals surface area contributed by atoms with E-state index < -0.39 is 16.1 Å². The number of primary sulfonamides is 1. The van der Waals surface area contributed by atoms with Gasteiger partial charge in [-0.3, -0.25) is 5.32 Å². The molecule has 2 aromatic rings. The molecule has 4 N–H and O–H groups in total. The minimum Gasteiger partial charge on any atom is -0.308 e. The van der Waals surface area contributed by atoms with Gasteiger partial charge in [-0.1, -0.05) is 11.3 Å². The fraction of sp³-hybridized carbons (Fsp3) is 0.100. The third-order valence-electron chi connectivity index (χ3n) is 2.19. The van der Waals surface area contributed by atoms with E-state index in [2.05, 4.69) is 20.8 Å². The van der Waals surface area contributed by atoms with Crippen LogP contribution in [0.15, 0.2) is 29.2 Å². The van der Waals surface area contributed by atoms with Crippen molar-refractivity contribution in [3.05, 3.63) is 29.3 Å². The molecule has 1 aromatic heterocycles. The topological polar surface area (TPSA) is 127 Å². The van der Waals surface area contributed by atoms with Crippen LogP contribution < -0.4 is 15.8 Å². The maximum absolute atomic E-state index is 11.6. The molecular formula is C10H11N5O3S2. The van der Waals surface area contributed by atoms with Crippen LogP contribution in [0.1, 0.15) is 5.01 Å². The Morgan fingerprint density at radius 1 is 1.20 bits per heavy atom. The molecule has 0 bridgehead atoms. The SMILES string of the molecule is Cc1nnc(NC(=O)Nc2ccc(S(N)(=O)=O)cc2)s1. The monoisotopic (exact) mass is 313 g/mol. The molecule has 10 heteroatoms. The molecule has 1 aromatic carbocycles. The number of hydrogen-bond donors (Lipinski definition) is 3. The number of amides is 2. The molecular weight excluding hydrogens is 302 g/mol. The Morgan fingerprint density at radius 3 is 2.35 bits per heavy atom. The third kappa shape index (κ3) is 3.73. The van der Waals surface area contributed by atoms with E-state index >= 15 is 0 Å². The average molecular weight is 313 g/mol. The number of anilines is 2. The summed E-state index contributed by atoms with van der Waals surface area (Å²) < 4.78 is 22.1. The summed E-state index contributed by atoms with van der Waals surface area (Å²) in [6.07, 6.45) is 0. The zero-order valence-electron chi connectivity index (χ0n) is 10.3. The van der Waals surface area contributed by atoms with Crippen LogP contribution in [0, 0.1) is 6.92 Å². The molecule has 1 heterocycles. The van der Waals surface area contributed by atoms with Gasteiger partial charge in [0.05, 0.1) is 4.90 Å². The van der Waals surface area contributed by atoms with Crippen LogP contribution in [0.2, 0.25) is 0 Å². The van der Waals surface area contributed by atoms with Crippen molar-refractivity contribution < 1.29 is 13.2 Å². The Bertz CT molecular complexity index is 724. The van der Waals surface area contributed by atoms with Crippen molar-refractivity contribution in [1.29, 1.82) is 0 Å². The zero-order valence-corrected chi connectivity index (χ0v) is 12.0. The number of nitrogens with zero attached hydrogens (tertiary/aromatic N) is 2. The number of sulfonamides is 1. The predicted molar refractivity (Wildman–Crippen MR) is 75.1 cm³/mol. The summed E-state index contributed by atoms with van der Waals surface area (Å²) in [5.74, 6) is 0. The van der Waals surface area contributed by atoms with Crippen LogP contribution in [0.25, 0.3) is 0 Å². The molecule has 2 rings (SSSR count). The molecule has 106 valence electrons. The highest BCUT2D eigenvalue weighted by molar-refractivity contribution is 7.89. The first-order valence-corrected chi connectivity index (χ1v) is 7.72. The highest BCUT2D eigenvalue weighted by Gasteiger charge is 2.09. The van der Waals surface area contributed by atoms with Crippen molar-refractivity contribution in [2.45, 2.75) is 11.8 Å². The first-order valence-electron chi connectivity index (χ1n) is 5.35. The molecule has 0 saturated carbocycles. The molecule has 0 fully saturated rings. The van der Waals surface area contributed by atoms with E-state index in [9.17, 15) is 13.2 Å². The van der Waals surface area contributed by atoms with Gasteiger partial charge in [0.15, 0.2) is 0 Å². The van der Waals surface area contributed by atoms with Crippen molar-refractivity contribution in [1.82, 2.24) is 10.2 Å². The molecule has 20 heavy (non-hydrogen) atoms. The van der Waals surface area contributed by atoms with Crippen LogP contribution >= 0.6 is 11.3 Å². The van der Waals surface area contributed by atoms with Crippen molar-refractivity contribution in [2.24, 2.45) is 5.14 Å². The summed E-state index contributed by atoms with van der Waals surface area (Å²) in [6.45, 7) is 1.77. The molecule has 0 saturated heterocycles. The Balaban J connectivity index is 2.01. The fourth-order valence-corrected chi connectivity index (χ4v) is 2.44. The molecule has 0 spiro atoms. The van der Waals surface area contributed by atoms with Gasteiger partial charge in [-0.05, 0) is 31.2 Å². The Hall–Kier alpha value is -2.04. The summed E-state index contributed by atoms with van der Waals surface area (Å²) in [5.41, 5.74) is 0.427. The van der Waals surface area contributed by atoms with Crippen molar-refractivity contribution in [3.63, 3.8) is 0 Å². The van der Waals surface area contributed by atoms with Gasteiger partial charge in [-0.2, -0.15) is 0 Å². The summed E-state index contributed by atoms with van der Waals surface area (Å²) in [4.78, 5) is 11.6. The molecule has 0 radical (unpaired) electrons. The summed E-state index contributed by atoms with van der Waals surface area (Å²) in [5, 5.41) is 18.6. The number of nitrogens with one attached hydrogen (secondary N) is 2. The third-order valence-corrected chi connectivity index (χ3v) is 3.87. The standard InChI is InChI=1S/C10H11N5O3S2/c1-6-14-15-10(19-6)13-9(16)12-7-2-4-8(5-3-7)20(11,17)18/h2-5H,1H3,(H2,11,17,18)(H2,12,13,15,16). The summed E-state index contributed by atoms with van der Waals surface area (Å²) in [7, 11) is -3.74. The van der Waals surface area contributed by atoms with E-state index in [1.165, 1.54) is 35.6 Å². The van der Waals surface area contributed by atoms with E-state index in [4.69, 9.17) is 5.14 Å². The molecule has 0 unspecified atom stereocenters. The van der Waals surface area contributed by atoms with Crippen LogP contribution in [-0.4, -0.2) is 24.6 Å². The highest BCUT2D eigenvalue weighted by Crippen LogP contribution is 2.15. The first-order chi connectivity index (χ1) is 9.34. The minimum absolute atomic E-state index is 0.0248. The van der Waals surface area contributed by atoms with E-state index in [1.54, 1.807) is 6.92 Å². The van der Waals surface area contributed by atoms with Crippen LogP contribution in [-0.2, 0) is 10.0 Å². The van der Waals surface area contributed by atoms with Gasteiger partial charge >= 0.3 is 6.03 Å². The molecule has 2 amide bonds. The first kappa shape index (κ1) is 14.4. The quantitative estimate of drug-likeness (QED) is 0.783.